The van der Waals surface area contributed by atoms with Crippen LogP contribution >= 0.6 is 0 Å². The molecule has 3 aromatic carbocycles. The molecule has 0 unspecified atom stereocenters. The van der Waals surface area contributed by atoms with Gasteiger partial charge in [0, 0.05) is 24.4 Å². The van der Waals surface area contributed by atoms with Crippen LogP contribution in [0.3, 0.4) is 0 Å². The first-order valence-electron chi connectivity index (χ1n) is 10.5. The molecule has 2 amide bonds. The van der Waals surface area contributed by atoms with E-state index in [1.807, 2.05) is 0 Å². The molecule has 10 nitrogen and oxygen atoms in total. The molecule has 0 fully saturated rings. The van der Waals surface area contributed by atoms with E-state index in [0.717, 1.165) is 0 Å². The average Bonchev–Trinajstić information content (AvgIpc) is 3.31. The Morgan fingerprint density at radius 2 is 1.69 bits per heavy atom. The normalized spacial score (nSPS) is 12.1. The second-order valence-electron chi connectivity index (χ2n) is 7.64. The minimum absolute atomic E-state index is 0.0708. The molecule has 35 heavy (non-hydrogen) atoms. The number of carbonyl (C=O) groups is 2. The molecule has 0 saturated heterocycles. The second kappa shape index (κ2) is 9.94. The summed E-state index contributed by atoms with van der Waals surface area (Å²) in [5.41, 5.74) is 0.968. The number of nitrogens with one attached hydrogen (secondary N) is 2. The molecule has 11 heteroatoms. The average molecular weight is 498 g/mol. The number of hydrogen-bond acceptors (Lipinski definition) is 7. The molecule has 0 saturated carbocycles. The lowest BCUT2D eigenvalue weighted by Crippen LogP contribution is -2.35. The van der Waals surface area contributed by atoms with Gasteiger partial charge in [-0.2, -0.15) is 0 Å². The highest BCUT2D eigenvalue weighted by molar-refractivity contribution is 7.92. The molecule has 0 bridgehead atoms. The highest BCUT2D eigenvalue weighted by Gasteiger charge is 2.21. The van der Waals surface area contributed by atoms with Crippen LogP contribution in [0.2, 0.25) is 0 Å². The summed E-state index contributed by atoms with van der Waals surface area (Å²) < 4.78 is 43.8. The largest absolute Gasteiger partial charge is 0.497 e. The van der Waals surface area contributed by atoms with Crippen molar-refractivity contribution in [3.05, 3.63) is 72.3 Å². The van der Waals surface area contributed by atoms with E-state index in [4.69, 9.17) is 14.2 Å². The van der Waals surface area contributed by atoms with E-state index < -0.39 is 21.8 Å². The molecule has 0 aromatic heterocycles. The second-order valence-corrected chi connectivity index (χ2v) is 9.32. The summed E-state index contributed by atoms with van der Waals surface area (Å²) in [6.07, 6.45) is 0. The topological polar surface area (TPSA) is 123 Å². The zero-order valence-corrected chi connectivity index (χ0v) is 19.8. The maximum Gasteiger partial charge on any atom is 0.261 e. The molecule has 0 aliphatic carbocycles. The third-order valence-corrected chi connectivity index (χ3v) is 6.50. The van der Waals surface area contributed by atoms with Gasteiger partial charge in [0.2, 0.25) is 12.7 Å². The van der Waals surface area contributed by atoms with E-state index in [1.54, 1.807) is 43.5 Å². The number of benzene rings is 3. The monoisotopic (exact) mass is 497 g/mol. The van der Waals surface area contributed by atoms with Gasteiger partial charge in [-0.25, -0.2) is 8.42 Å². The van der Waals surface area contributed by atoms with Crippen molar-refractivity contribution >= 4 is 33.2 Å². The third-order valence-electron chi connectivity index (χ3n) is 5.12. The van der Waals surface area contributed by atoms with Crippen molar-refractivity contribution in [3.8, 4) is 17.2 Å². The van der Waals surface area contributed by atoms with Gasteiger partial charge < -0.3 is 24.4 Å². The maximum absolute atomic E-state index is 12.9. The van der Waals surface area contributed by atoms with Crippen LogP contribution in [0.4, 0.5) is 11.4 Å². The Balaban J connectivity index is 1.42. The van der Waals surface area contributed by atoms with Gasteiger partial charge >= 0.3 is 0 Å². The van der Waals surface area contributed by atoms with Gasteiger partial charge in [0.1, 0.15) is 5.75 Å². The molecular weight excluding hydrogens is 474 g/mol. The fourth-order valence-corrected chi connectivity index (χ4v) is 4.45. The van der Waals surface area contributed by atoms with Crippen molar-refractivity contribution in [2.45, 2.75) is 4.90 Å². The van der Waals surface area contributed by atoms with E-state index in [2.05, 4.69) is 10.0 Å². The van der Waals surface area contributed by atoms with Crippen LogP contribution in [0.1, 0.15) is 10.4 Å². The molecule has 1 aliphatic rings. The number of amides is 2. The minimum Gasteiger partial charge on any atom is -0.497 e. The molecule has 0 atom stereocenters. The molecule has 2 N–H and O–H groups in total. The summed E-state index contributed by atoms with van der Waals surface area (Å²) in [6, 6.07) is 17.0. The smallest absolute Gasteiger partial charge is 0.261 e. The Hall–Kier alpha value is -4.25. The summed E-state index contributed by atoms with van der Waals surface area (Å²) in [7, 11) is -0.985. The third kappa shape index (κ3) is 5.64. The van der Waals surface area contributed by atoms with Crippen molar-refractivity contribution in [1.29, 1.82) is 0 Å². The van der Waals surface area contributed by atoms with Gasteiger partial charge in [-0.05, 0) is 54.6 Å². The SMILES string of the molecule is COc1ccc(NC(=O)CN(C)C(=O)c2cccc(S(=O)(=O)Nc3ccc4c(c3)OCO4)c2)cc1. The lowest BCUT2D eigenvalue weighted by molar-refractivity contribution is -0.116. The van der Waals surface area contributed by atoms with E-state index in [1.165, 1.54) is 42.3 Å². The van der Waals surface area contributed by atoms with Crippen LogP contribution in [-0.2, 0) is 14.8 Å². The number of fused-ring (bicyclic) bond motifs is 1. The van der Waals surface area contributed by atoms with Crippen molar-refractivity contribution < 1.29 is 32.2 Å². The summed E-state index contributed by atoms with van der Waals surface area (Å²) >= 11 is 0. The predicted molar refractivity (Wildman–Crippen MR) is 128 cm³/mol. The van der Waals surface area contributed by atoms with E-state index in [9.17, 15) is 18.0 Å². The van der Waals surface area contributed by atoms with Crippen LogP contribution in [-0.4, -0.2) is 52.6 Å². The number of sulfonamides is 1. The minimum atomic E-state index is -3.99. The molecule has 0 spiro atoms. The Kier molecular flexibility index (Phi) is 6.78. The number of anilines is 2. The fraction of sp³-hybridized carbons (Fsp3) is 0.167. The fourth-order valence-electron chi connectivity index (χ4n) is 3.35. The van der Waals surface area contributed by atoms with E-state index in [0.29, 0.717) is 28.6 Å². The Labute approximate surface area is 202 Å². The van der Waals surface area contributed by atoms with Gasteiger partial charge in [0.05, 0.1) is 24.2 Å². The zero-order chi connectivity index (χ0) is 25.0. The predicted octanol–water partition coefficient (Wildman–Crippen LogP) is 2.94. The quantitative estimate of drug-likeness (QED) is 0.490. The first-order chi connectivity index (χ1) is 16.7. The van der Waals surface area contributed by atoms with Gasteiger partial charge in [0.25, 0.3) is 15.9 Å². The lowest BCUT2D eigenvalue weighted by Gasteiger charge is -2.17. The Morgan fingerprint density at radius 3 is 2.43 bits per heavy atom. The molecule has 1 heterocycles. The van der Waals surface area contributed by atoms with Crippen LogP contribution in [0.25, 0.3) is 0 Å². The highest BCUT2D eigenvalue weighted by atomic mass is 32.2. The molecular formula is C24H23N3O7S. The van der Waals surface area contributed by atoms with Gasteiger partial charge in [0.15, 0.2) is 11.5 Å². The summed E-state index contributed by atoms with van der Waals surface area (Å²) in [5.74, 6) is 0.704. The number of ether oxygens (including phenoxy) is 3. The van der Waals surface area contributed by atoms with E-state index in [-0.39, 0.29) is 23.8 Å². The van der Waals surface area contributed by atoms with Gasteiger partial charge in [-0.1, -0.05) is 6.07 Å². The maximum atomic E-state index is 12.9. The number of nitrogens with zero attached hydrogens (tertiary/aromatic N) is 1. The van der Waals surface area contributed by atoms with Crippen LogP contribution in [0.5, 0.6) is 17.2 Å². The number of likely N-dealkylation sites (N-methyl/N-ethyl adjacent to an activating group) is 1. The first kappa shape index (κ1) is 23.9. The summed E-state index contributed by atoms with van der Waals surface area (Å²) in [4.78, 5) is 26.3. The van der Waals surface area contributed by atoms with Crippen molar-refractivity contribution in [1.82, 2.24) is 4.90 Å². The highest BCUT2D eigenvalue weighted by Crippen LogP contribution is 2.34. The molecule has 182 valence electrons. The lowest BCUT2D eigenvalue weighted by atomic mass is 10.2. The van der Waals surface area contributed by atoms with Crippen LogP contribution < -0.4 is 24.2 Å². The van der Waals surface area contributed by atoms with Crippen LogP contribution in [0.15, 0.2) is 71.6 Å². The van der Waals surface area contributed by atoms with Crippen LogP contribution in [0, 0.1) is 0 Å². The van der Waals surface area contributed by atoms with Crippen molar-refractivity contribution in [3.63, 3.8) is 0 Å². The summed E-state index contributed by atoms with van der Waals surface area (Å²) in [6.45, 7) is -0.154. The van der Waals surface area contributed by atoms with Crippen molar-refractivity contribution in [2.24, 2.45) is 0 Å². The molecule has 3 aromatic rings. The number of carbonyl (C=O) groups excluding carboxylic acids is 2. The Morgan fingerprint density at radius 1 is 0.971 bits per heavy atom. The molecule has 4 rings (SSSR count). The molecule has 1 aliphatic heterocycles. The zero-order valence-electron chi connectivity index (χ0n) is 19.0. The van der Waals surface area contributed by atoms with Crippen molar-refractivity contribution in [2.75, 3.05) is 37.5 Å². The first-order valence-corrected chi connectivity index (χ1v) is 12.0. The summed E-state index contributed by atoms with van der Waals surface area (Å²) in [5, 5.41) is 2.70. The van der Waals surface area contributed by atoms with Gasteiger partial charge in [-0.15, -0.1) is 0 Å². The molecule has 0 radical (unpaired) electrons. The number of rotatable bonds is 8. The Bertz CT molecular complexity index is 1360. The van der Waals surface area contributed by atoms with E-state index >= 15 is 0 Å². The standard InChI is InChI=1S/C24H23N3O7S/c1-27(14-23(28)25-17-6-9-19(32-2)10-7-17)24(29)16-4-3-5-20(12-16)35(30,31)26-18-8-11-21-22(13-18)34-15-33-21/h3-13,26H,14-15H2,1-2H3,(H,25,28). The van der Waals surface area contributed by atoms with Gasteiger partial charge in [-0.3, -0.25) is 14.3 Å². The number of methoxy groups -OCH3 is 1. The number of hydrogen-bond donors (Lipinski definition) is 2.